The highest BCUT2D eigenvalue weighted by Crippen LogP contribution is 2.51. The Bertz CT molecular complexity index is 1260. The highest BCUT2D eigenvalue weighted by atomic mass is 19.4. The quantitative estimate of drug-likeness (QED) is 0.298. The van der Waals surface area contributed by atoms with Crippen molar-refractivity contribution in [2.75, 3.05) is 11.5 Å². The van der Waals surface area contributed by atoms with E-state index < -0.39 is 81.1 Å². The molecule has 0 saturated carbocycles. The first-order valence-electron chi connectivity index (χ1n) is 8.75. The number of alkyl halides is 6. The van der Waals surface area contributed by atoms with Crippen LogP contribution < -0.4 is 20.9 Å². The molecule has 3 aromatic carbocycles. The van der Waals surface area contributed by atoms with Crippen LogP contribution >= 0.6 is 0 Å². The van der Waals surface area contributed by atoms with E-state index in [0.29, 0.717) is 12.1 Å². The second kappa shape index (κ2) is 8.50. The normalized spacial score (nSPS) is 12.1. The molecule has 0 heterocycles. The Hall–Kier alpha value is -3.84. The van der Waals surface area contributed by atoms with E-state index in [4.69, 9.17) is 16.2 Å². The van der Waals surface area contributed by atoms with Gasteiger partial charge >= 0.3 is 12.4 Å². The van der Waals surface area contributed by atoms with E-state index in [0.717, 1.165) is 0 Å². The number of nitrogens with two attached hydrogens (primary N) is 2. The summed E-state index contributed by atoms with van der Waals surface area (Å²) < 4.78 is 147. The molecule has 14 heteroatoms. The summed E-state index contributed by atoms with van der Waals surface area (Å²) in [5.41, 5.74) is 4.14. The van der Waals surface area contributed by atoms with Gasteiger partial charge in [-0.2, -0.15) is 26.3 Å². The summed E-state index contributed by atoms with van der Waals surface area (Å²) in [6.07, 6.45) is -11.2. The van der Waals surface area contributed by atoms with Crippen LogP contribution in [0, 0.1) is 23.3 Å². The molecule has 182 valence electrons. The highest BCUT2D eigenvalue weighted by molar-refractivity contribution is 5.57. The van der Waals surface area contributed by atoms with E-state index in [2.05, 4.69) is 4.74 Å². The standard InChI is InChI=1S/C20H10F10N2O2/c21-7-3-10(31)16(23)13(5-7)33-12-2-1-9(19(25,26)27)18(15(12)20(28,29)30)34-14-6-8(22)4-11(32)17(14)24/h1-6H,31-32H2. The minimum absolute atomic E-state index is 0.0566. The fraction of sp³-hybridized carbons (Fsp3) is 0.100. The predicted molar refractivity (Wildman–Crippen MR) is 98.1 cm³/mol. The Morgan fingerprint density at radius 2 is 1.06 bits per heavy atom. The molecule has 4 nitrogen and oxygen atoms in total. The minimum Gasteiger partial charge on any atom is -0.453 e. The van der Waals surface area contributed by atoms with Crippen molar-refractivity contribution in [3.8, 4) is 23.0 Å². The van der Waals surface area contributed by atoms with Gasteiger partial charge in [0.15, 0.2) is 28.9 Å². The molecule has 0 aliphatic rings. The number of hydrogen-bond donors (Lipinski definition) is 2. The van der Waals surface area contributed by atoms with Gasteiger partial charge in [0.2, 0.25) is 0 Å². The van der Waals surface area contributed by atoms with Gasteiger partial charge in [-0.15, -0.1) is 0 Å². The third kappa shape index (κ3) is 4.89. The van der Waals surface area contributed by atoms with Gasteiger partial charge in [-0.1, -0.05) is 0 Å². The van der Waals surface area contributed by atoms with Gasteiger partial charge < -0.3 is 20.9 Å². The van der Waals surface area contributed by atoms with Crippen molar-refractivity contribution in [2.45, 2.75) is 12.4 Å². The molecule has 34 heavy (non-hydrogen) atoms. The van der Waals surface area contributed by atoms with E-state index in [1.807, 2.05) is 0 Å². The highest BCUT2D eigenvalue weighted by Gasteiger charge is 2.45. The van der Waals surface area contributed by atoms with Crippen molar-refractivity contribution in [3.05, 3.63) is 70.8 Å². The monoisotopic (exact) mass is 500 g/mol. The molecule has 4 N–H and O–H groups in total. The Balaban J connectivity index is 2.30. The van der Waals surface area contributed by atoms with E-state index in [9.17, 15) is 43.9 Å². The van der Waals surface area contributed by atoms with Crippen LogP contribution in [0.3, 0.4) is 0 Å². The Kier molecular flexibility index (Phi) is 6.20. The lowest BCUT2D eigenvalue weighted by atomic mass is 10.1. The lowest BCUT2D eigenvalue weighted by Crippen LogP contribution is -2.15. The zero-order valence-electron chi connectivity index (χ0n) is 16.2. The average Bonchev–Trinajstić information content (AvgIpc) is 2.67. The van der Waals surface area contributed by atoms with Gasteiger partial charge in [0.1, 0.15) is 22.9 Å². The largest absolute Gasteiger partial charge is 0.453 e. The molecule has 0 spiro atoms. The lowest BCUT2D eigenvalue weighted by Gasteiger charge is -2.22. The Labute approximate surface area is 183 Å². The first-order chi connectivity index (χ1) is 15.6. The van der Waals surface area contributed by atoms with Gasteiger partial charge in [-0.05, 0) is 12.1 Å². The molecule has 0 saturated heterocycles. The third-order valence-corrected chi connectivity index (χ3v) is 4.20. The molecule has 0 unspecified atom stereocenters. The zero-order chi connectivity index (χ0) is 25.6. The first kappa shape index (κ1) is 24.8. The zero-order valence-corrected chi connectivity index (χ0v) is 16.2. The summed E-state index contributed by atoms with van der Waals surface area (Å²) in [7, 11) is 0. The van der Waals surface area contributed by atoms with Gasteiger partial charge in [0.25, 0.3) is 0 Å². The Morgan fingerprint density at radius 3 is 1.50 bits per heavy atom. The number of nitrogen functional groups attached to an aromatic ring is 2. The lowest BCUT2D eigenvalue weighted by molar-refractivity contribution is -0.145. The maximum Gasteiger partial charge on any atom is 0.423 e. The number of anilines is 2. The van der Waals surface area contributed by atoms with Crippen molar-refractivity contribution >= 4 is 11.4 Å². The summed E-state index contributed by atoms with van der Waals surface area (Å²) in [5, 5.41) is 0. The topological polar surface area (TPSA) is 70.5 Å². The Morgan fingerprint density at radius 1 is 0.588 bits per heavy atom. The van der Waals surface area contributed by atoms with Crippen molar-refractivity contribution in [1.29, 1.82) is 0 Å². The van der Waals surface area contributed by atoms with Crippen LogP contribution in [0.15, 0.2) is 36.4 Å². The number of hydrogen-bond acceptors (Lipinski definition) is 4. The third-order valence-electron chi connectivity index (χ3n) is 4.20. The first-order valence-corrected chi connectivity index (χ1v) is 8.75. The molecular weight excluding hydrogens is 490 g/mol. The van der Waals surface area contributed by atoms with E-state index >= 15 is 0 Å². The molecule has 3 rings (SSSR count). The van der Waals surface area contributed by atoms with Gasteiger partial charge in [-0.3, -0.25) is 0 Å². The molecule has 3 aromatic rings. The number of ether oxygens (including phenoxy) is 2. The van der Waals surface area contributed by atoms with Crippen LogP contribution in [0.2, 0.25) is 0 Å². The molecule has 0 amide bonds. The molecule has 0 radical (unpaired) electrons. The summed E-state index contributed by atoms with van der Waals surface area (Å²) in [6.45, 7) is 0. The van der Waals surface area contributed by atoms with Crippen molar-refractivity contribution in [3.63, 3.8) is 0 Å². The fourth-order valence-corrected chi connectivity index (χ4v) is 2.79. The van der Waals surface area contributed by atoms with Crippen LogP contribution in [-0.2, 0) is 12.4 Å². The van der Waals surface area contributed by atoms with Gasteiger partial charge in [0, 0.05) is 24.3 Å². The van der Waals surface area contributed by atoms with Crippen LogP contribution in [0.1, 0.15) is 11.1 Å². The number of halogens is 10. The number of rotatable bonds is 4. The fourth-order valence-electron chi connectivity index (χ4n) is 2.79. The molecule has 0 fully saturated rings. The average molecular weight is 500 g/mol. The summed E-state index contributed by atoms with van der Waals surface area (Å²) in [6, 6.07) is 1.55. The van der Waals surface area contributed by atoms with Crippen LogP contribution in [0.5, 0.6) is 23.0 Å². The molecular formula is C20H10F10N2O2. The van der Waals surface area contributed by atoms with Crippen molar-refractivity contribution < 1.29 is 53.4 Å². The van der Waals surface area contributed by atoms with Gasteiger partial charge in [-0.25, -0.2) is 17.6 Å². The summed E-state index contributed by atoms with van der Waals surface area (Å²) >= 11 is 0. The van der Waals surface area contributed by atoms with Crippen LogP contribution in [-0.4, -0.2) is 0 Å². The van der Waals surface area contributed by atoms with Crippen LogP contribution in [0.4, 0.5) is 55.3 Å². The molecule has 0 atom stereocenters. The van der Waals surface area contributed by atoms with Crippen LogP contribution in [0.25, 0.3) is 0 Å². The van der Waals surface area contributed by atoms with E-state index in [1.54, 1.807) is 0 Å². The summed E-state index contributed by atoms with van der Waals surface area (Å²) in [4.78, 5) is 0. The van der Waals surface area contributed by atoms with E-state index in [-0.39, 0.29) is 24.3 Å². The minimum atomic E-state index is -5.68. The smallest absolute Gasteiger partial charge is 0.423 e. The second-order valence-electron chi connectivity index (χ2n) is 6.63. The maximum absolute atomic E-state index is 14.2. The molecule has 0 bridgehead atoms. The van der Waals surface area contributed by atoms with Crippen molar-refractivity contribution in [2.24, 2.45) is 0 Å². The number of benzene rings is 3. The predicted octanol–water partition coefficient (Wildman–Crippen LogP) is 7.03. The second-order valence-corrected chi connectivity index (χ2v) is 6.63. The van der Waals surface area contributed by atoms with Gasteiger partial charge in [0.05, 0.1) is 16.9 Å². The SMILES string of the molecule is Nc1cc(F)cc(Oc2ccc(C(F)(F)F)c(Oc3cc(F)cc(N)c3F)c2C(F)(F)F)c1F. The van der Waals surface area contributed by atoms with E-state index in [1.165, 1.54) is 0 Å². The molecule has 0 aliphatic heterocycles. The van der Waals surface area contributed by atoms with Crippen molar-refractivity contribution in [1.82, 2.24) is 0 Å². The molecule has 0 aliphatic carbocycles. The maximum atomic E-state index is 14.2. The molecule has 0 aromatic heterocycles. The summed E-state index contributed by atoms with van der Waals surface area (Å²) in [5.74, 6) is -11.9.